The summed E-state index contributed by atoms with van der Waals surface area (Å²) >= 11 is 0. The molecule has 0 spiro atoms. The van der Waals surface area contributed by atoms with Gasteiger partial charge in [-0.3, -0.25) is 4.99 Å². The van der Waals surface area contributed by atoms with Crippen molar-refractivity contribution in [2.24, 2.45) is 4.99 Å². The first-order valence-electron chi connectivity index (χ1n) is 4.74. The monoisotopic (exact) mass is 195 g/mol. The predicted octanol–water partition coefficient (Wildman–Crippen LogP) is 2.14. The molecule has 0 saturated heterocycles. The van der Waals surface area contributed by atoms with Gasteiger partial charge in [0.1, 0.15) is 0 Å². The number of carbonyl (C=O) groups excluding carboxylic acids is 1. The molecular formula is C11H17NO2. The number of hydrogen-bond acceptors (Lipinski definition) is 3. The smallest absolute Gasteiger partial charge is 0.337 e. The van der Waals surface area contributed by atoms with Gasteiger partial charge in [-0.15, -0.1) is 0 Å². The third-order valence-corrected chi connectivity index (χ3v) is 1.38. The highest BCUT2D eigenvalue weighted by atomic mass is 16.5. The molecule has 0 aromatic rings. The summed E-state index contributed by atoms with van der Waals surface area (Å²) in [6.45, 7) is 8.56. The number of carbonyl (C=O) groups is 1. The zero-order valence-electron chi connectivity index (χ0n) is 8.82. The van der Waals surface area contributed by atoms with Crippen LogP contribution in [0.4, 0.5) is 0 Å². The zero-order valence-corrected chi connectivity index (χ0v) is 8.82. The maximum absolute atomic E-state index is 11.0. The summed E-state index contributed by atoms with van der Waals surface area (Å²) in [6, 6.07) is 0. The molecule has 0 fully saturated rings. The van der Waals surface area contributed by atoms with E-state index in [2.05, 4.69) is 18.5 Å². The lowest BCUT2D eigenvalue weighted by molar-refractivity contribution is -0.138. The number of aliphatic imine (C=N–C) groups is 1. The third kappa shape index (κ3) is 6.17. The van der Waals surface area contributed by atoms with Crippen LogP contribution < -0.4 is 0 Å². The fourth-order valence-electron chi connectivity index (χ4n) is 0.716. The normalized spacial score (nSPS) is 11.0. The molecule has 0 radical (unpaired) electrons. The third-order valence-electron chi connectivity index (χ3n) is 1.38. The Kier molecular flexibility index (Phi) is 7.42. The minimum absolute atomic E-state index is 0.342. The van der Waals surface area contributed by atoms with Crippen molar-refractivity contribution < 1.29 is 9.53 Å². The van der Waals surface area contributed by atoms with Crippen molar-refractivity contribution in [3.8, 4) is 0 Å². The highest BCUT2D eigenvalue weighted by Crippen LogP contribution is 1.95. The first-order valence-corrected chi connectivity index (χ1v) is 4.74. The van der Waals surface area contributed by atoms with Gasteiger partial charge in [-0.1, -0.05) is 13.5 Å². The first-order chi connectivity index (χ1) is 6.72. The second-order valence-corrected chi connectivity index (χ2v) is 2.66. The number of nitrogens with zero attached hydrogens (tertiary/aromatic N) is 1. The molecule has 0 aromatic heterocycles. The van der Waals surface area contributed by atoms with E-state index in [9.17, 15) is 4.79 Å². The molecule has 3 heteroatoms. The Morgan fingerprint density at radius 2 is 2.21 bits per heavy atom. The summed E-state index contributed by atoms with van der Waals surface area (Å²) in [4.78, 5) is 15.1. The van der Waals surface area contributed by atoms with Gasteiger partial charge in [-0.2, -0.15) is 0 Å². The van der Waals surface area contributed by atoms with E-state index in [0.29, 0.717) is 12.2 Å². The van der Waals surface area contributed by atoms with Crippen LogP contribution in [0.5, 0.6) is 0 Å². The van der Waals surface area contributed by atoms with Gasteiger partial charge in [-0.05, 0) is 25.5 Å². The lowest BCUT2D eigenvalue weighted by atomic mass is 10.3. The van der Waals surface area contributed by atoms with Crippen molar-refractivity contribution in [1.82, 2.24) is 0 Å². The Balaban J connectivity index is 3.87. The van der Waals surface area contributed by atoms with E-state index in [0.717, 1.165) is 13.0 Å². The lowest BCUT2D eigenvalue weighted by Crippen LogP contribution is -2.04. The molecule has 0 aromatic carbocycles. The summed E-state index contributed by atoms with van der Waals surface area (Å²) in [5, 5.41) is 0. The van der Waals surface area contributed by atoms with Crippen molar-refractivity contribution in [1.29, 1.82) is 0 Å². The second-order valence-electron chi connectivity index (χ2n) is 2.66. The van der Waals surface area contributed by atoms with Crippen LogP contribution in [0.15, 0.2) is 29.3 Å². The van der Waals surface area contributed by atoms with E-state index < -0.39 is 0 Å². The summed E-state index contributed by atoms with van der Waals surface area (Å²) in [5.74, 6) is -0.382. The fraction of sp³-hybridized carbons (Fsp3) is 0.455. The fourth-order valence-corrected chi connectivity index (χ4v) is 0.716. The van der Waals surface area contributed by atoms with Crippen LogP contribution in [0.25, 0.3) is 0 Å². The van der Waals surface area contributed by atoms with E-state index in [4.69, 9.17) is 4.74 Å². The molecule has 0 aliphatic heterocycles. The Labute approximate surface area is 85.2 Å². The molecule has 0 rings (SSSR count). The maximum atomic E-state index is 11.0. The molecule has 0 heterocycles. The van der Waals surface area contributed by atoms with E-state index in [1.54, 1.807) is 25.3 Å². The largest absolute Gasteiger partial charge is 0.462 e. The van der Waals surface area contributed by atoms with Crippen LogP contribution in [0.3, 0.4) is 0 Å². The average molecular weight is 195 g/mol. The minimum Gasteiger partial charge on any atom is -0.462 e. The van der Waals surface area contributed by atoms with E-state index in [1.807, 2.05) is 0 Å². The van der Waals surface area contributed by atoms with Crippen LogP contribution in [-0.2, 0) is 9.53 Å². The quantitative estimate of drug-likeness (QED) is 0.282. The van der Waals surface area contributed by atoms with Crippen molar-refractivity contribution in [2.45, 2.75) is 20.3 Å². The molecular weight excluding hydrogens is 178 g/mol. The summed E-state index contributed by atoms with van der Waals surface area (Å²) in [6.07, 6.45) is 5.96. The highest BCUT2D eigenvalue weighted by Gasteiger charge is 2.01. The number of rotatable bonds is 6. The van der Waals surface area contributed by atoms with Gasteiger partial charge >= 0.3 is 5.97 Å². The maximum Gasteiger partial charge on any atom is 0.337 e. The summed E-state index contributed by atoms with van der Waals surface area (Å²) in [7, 11) is 0. The number of esters is 1. The Bertz CT molecular complexity index is 242. The topological polar surface area (TPSA) is 38.7 Å². The molecule has 0 amide bonds. The number of ether oxygens (including phenoxy) is 1. The van der Waals surface area contributed by atoms with Gasteiger partial charge in [0.25, 0.3) is 0 Å². The van der Waals surface area contributed by atoms with Gasteiger partial charge in [0.2, 0.25) is 0 Å². The minimum atomic E-state index is -0.382. The second kappa shape index (κ2) is 8.23. The van der Waals surface area contributed by atoms with E-state index >= 15 is 0 Å². The average Bonchev–Trinajstić information content (AvgIpc) is 2.17. The van der Waals surface area contributed by atoms with Crippen LogP contribution in [0.1, 0.15) is 20.3 Å². The molecule has 78 valence electrons. The van der Waals surface area contributed by atoms with Crippen molar-refractivity contribution in [3.05, 3.63) is 24.3 Å². The van der Waals surface area contributed by atoms with Crippen molar-refractivity contribution in [2.75, 3.05) is 13.2 Å². The lowest BCUT2D eigenvalue weighted by Gasteiger charge is -1.98. The first kappa shape index (κ1) is 12.6. The molecule has 0 bridgehead atoms. The standard InChI is InChI=1S/C11H17NO2/c1-4-8-12-9-6-7-10(3)11(13)14-5-2/h6-7,9H,3-5,8H2,1-2H3. The molecule has 0 aliphatic rings. The highest BCUT2D eigenvalue weighted by molar-refractivity contribution is 5.92. The number of hydrogen-bond donors (Lipinski definition) is 0. The predicted molar refractivity (Wildman–Crippen MR) is 58.6 cm³/mol. The molecule has 0 atom stereocenters. The summed E-state index contributed by atoms with van der Waals surface area (Å²) < 4.78 is 4.75. The van der Waals surface area contributed by atoms with Gasteiger partial charge in [0.05, 0.1) is 12.2 Å². The molecule has 14 heavy (non-hydrogen) atoms. The summed E-state index contributed by atoms with van der Waals surface area (Å²) in [5.41, 5.74) is 0.342. The van der Waals surface area contributed by atoms with Gasteiger partial charge in [-0.25, -0.2) is 4.79 Å². The van der Waals surface area contributed by atoms with Crippen LogP contribution in [0, 0.1) is 0 Å². The van der Waals surface area contributed by atoms with Gasteiger partial charge in [0.15, 0.2) is 0 Å². The van der Waals surface area contributed by atoms with Crippen LogP contribution in [-0.4, -0.2) is 25.3 Å². The van der Waals surface area contributed by atoms with Crippen molar-refractivity contribution in [3.63, 3.8) is 0 Å². The molecule has 0 N–H and O–H groups in total. The Morgan fingerprint density at radius 1 is 1.50 bits per heavy atom. The van der Waals surface area contributed by atoms with E-state index in [-0.39, 0.29) is 5.97 Å². The van der Waals surface area contributed by atoms with Gasteiger partial charge in [0, 0.05) is 12.8 Å². The van der Waals surface area contributed by atoms with Crippen LogP contribution in [0.2, 0.25) is 0 Å². The number of allylic oxidation sites excluding steroid dienone is 1. The zero-order chi connectivity index (χ0) is 10.8. The van der Waals surface area contributed by atoms with Crippen molar-refractivity contribution >= 4 is 12.2 Å². The molecule has 3 nitrogen and oxygen atoms in total. The van der Waals surface area contributed by atoms with Gasteiger partial charge < -0.3 is 4.74 Å². The SMILES string of the molecule is C=C(C=CC=NCCC)C(=O)OCC. The van der Waals surface area contributed by atoms with Crippen LogP contribution >= 0.6 is 0 Å². The Morgan fingerprint density at radius 3 is 2.79 bits per heavy atom. The molecule has 0 aliphatic carbocycles. The molecule has 0 unspecified atom stereocenters. The Hall–Kier alpha value is -1.38. The molecule has 0 saturated carbocycles. The van der Waals surface area contributed by atoms with E-state index in [1.165, 1.54) is 0 Å².